The molecular weight excluding hydrogens is 322 g/mol. The molecule has 1 saturated heterocycles. The van der Waals surface area contributed by atoms with Crippen LogP contribution >= 0.6 is 0 Å². The fourth-order valence-corrected chi connectivity index (χ4v) is 5.36. The molecule has 2 aliphatic heterocycles. The number of benzene rings is 2. The number of rotatable bonds is 2. The van der Waals surface area contributed by atoms with E-state index in [1.807, 2.05) is 7.11 Å². The Bertz CT molecular complexity index is 1030. The Morgan fingerprint density at radius 3 is 2.77 bits per heavy atom. The van der Waals surface area contributed by atoms with E-state index < -0.39 is 0 Å². The molecular formula is C23H21NO2. The van der Waals surface area contributed by atoms with Gasteiger partial charge < -0.3 is 14.0 Å². The zero-order valence-electron chi connectivity index (χ0n) is 14.8. The quantitative estimate of drug-likeness (QED) is 0.687. The maximum atomic E-state index is 6.15. The van der Waals surface area contributed by atoms with Crippen molar-refractivity contribution in [1.29, 1.82) is 0 Å². The van der Waals surface area contributed by atoms with Gasteiger partial charge in [-0.3, -0.25) is 0 Å². The van der Waals surface area contributed by atoms with E-state index in [2.05, 4.69) is 65.4 Å². The second-order valence-corrected chi connectivity index (χ2v) is 7.53. The summed E-state index contributed by atoms with van der Waals surface area (Å²) in [5.41, 5.74) is 6.82. The van der Waals surface area contributed by atoms with Crippen molar-refractivity contribution in [3.8, 4) is 0 Å². The maximum absolute atomic E-state index is 6.15. The Kier molecular flexibility index (Phi) is 3.02. The van der Waals surface area contributed by atoms with Crippen molar-refractivity contribution in [2.24, 2.45) is 5.92 Å². The highest BCUT2D eigenvalue weighted by atomic mass is 16.5. The largest absolute Gasteiger partial charge is 0.374 e. The molecule has 0 bridgehead atoms. The number of methoxy groups -OCH3 is 1. The van der Waals surface area contributed by atoms with Crippen molar-refractivity contribution in [2.45, 2.75) is 24.7 Å². The van der Waals surface area contributed by atoms with E-state index in [0.29, 0.717) is 5.92 Å². The molecule has 0 N–H and O–H groups in total. The Morgan fingerprint density at radius 1 is 1.04 bits per heavy atom. The van der Waals surface area contributed by atoms with Gasteiger partial charge in [0.25, 0.3) is 0 Å². The van der Waals surface area contributed by atoms with E-state index in [1.165, 1.54) is 33.2 Å². The third-order valence-corrected chi connectivity index (χ3v) is 6.40. The molecule has 4 atom stereocenters. The monoisotopic (exact) mass is 343 g/mol. The lowest BCUT2D eigenvalue weighted by Crippen LogP contribution is -2.41. The normalized spacial score (nSPS) is 29.3. The third kappa shape index (κ3) is 1.75. The van der Waals surface area contributed by atoms with E-state index in [1.54, 1.807) is 0 Å². The smallest absolute Gasteiger partial charge is 0.106 e. The Balaban J connectivity index is 1.69. The van der Waals surface area contributed by atoms with Crippen molar-refractivity contribution < 1.29 is 9.47 Å². The van der Waals surface area contributed by atoms with Crippen molar-refractivity contribution in [2.75, 3.05) is 13.7 Å². The molecule has 1 aromatic heterocycles. The van der Waals surface area contributed by atoms with E-state index in [0.717, 1.165) is 13.0 Å². The Hall–Kier alpha value is -2.36. The fraction of sp³-hybridized carbons (Fsp3) is 0.304. The average Bonchev–Trinajstić information content (AvgIpc) is 3.25. The summed E-state index contributed by atoms with van der Waals surface area (Å²) in [4.78, 5) is 0. The Morgan fingerprint density at radius 2 is 1.92 bits per heavy atom. The lowest BCUT2D eigenvalue weighted by molar-refractivity contribution is 0.0471. The summed E-state index contributed by atoms with van der Waals surface area (Å²) in [6.07, 6.45) is 3.56. The second-order valence-electron chi connectivity index (χ2n) is 7.53. The summed E-state index contributed by atoms with van der Waals surface area (Å²) >= 11 is 0. The highest BCUT2D eigenvalue weighted by Gasteiger charge is 2.51. The first-order valence-electron chi connectivity index (χ1n) is 9.41. The van der Waals surface area contributed by atoms with Crippen LogP contribution in [0.2, 0.25) is 0 Å². The molecule has 0 unspecified atom stereocenters. The molecule has 0 spiro atoms. The number of nitrogens with zero attached hydrogens (tertiary/aromatic N) is 1. The van der Waals surface area contributed by atoms with Crippen LogP contribution < -0.4 is 0 Å². The van der Waals surface area contributed by atoms with Gasteiger partial charge in [-0.25, -0.2) is 0 Å². The number of hydrogen-bond donors (Lipinski definition) is 0. The van der Waals surface area contributed by atoms with E-state index in [9.17, 15) is 0 Å². The first kappa shape index (κ1) is 14.8. The minimum absolute atomic E-state index is 0.00486. The van der Waals surface area contributed by atoms with Gasteiger partial charge in [0, 0.05) is 36.8 Å². The number of aromatic nitrogens is 1. The van der Waals surface area contributed by atoms with Crippen molar-refractivity contribution in [1.82, 2.24) is 4.57 Å². The highest BCUT2D eigenvalue weighted by molar-refractivity contribution is 5.97. The standard InChI is InChI=1S/C23H21NO2/c1-25-23-19-18(17-11-13-26-22(17)19)16-9-5-8-15-10-12-24(20(15)16)21(23)14-6-3-2-4-7-14/h2-10,12,17,21-23H,11,13H2,1H3/t17-,21+,22-,23-/m1/s1. The van der Waals surface area contributed by atoms with Crippen LogP contribution in [0.4, 0.5) is 0 Å². The first-order valence-corrected chi connectivity index (χ1v) is 9.41. The molecule has 0 radical (unpaired) electrons. The molecule has 26 heavy (non-hydrogen) atoms. The molecule has 3 heteroatoms. The van der Waals surface area contributed by atoms with Crippen LogP contribution in [0.25, 0.3) is 16.5 Å². The van der Waals surface area contributed by atoms with Gasteiger partial charge in [-0.1, -0.05) is 48.5 Å². The van der Waals surface area contributed by atoms with Crippen molar-refractivity contribution >= 4 is 16.5 Å². The lowest BCUT2D eigenvalue weighted by Gasteiger charge is -2.41. The molecule has 1 aliphatic carbocycles. The van der Waals surface area contributed by atoms with Gasteiger partial charge in [0.1, 0.15) is 6.10 Å². The maximum Gasteiger partial charge on any atom is 0.106 e. The van der Waals surface area contributed by atoms with E-state index in [4.69, 9.17) is 9.47 Å². The summed E-state index contributed by atoms with van der Waals surface area (Å²) < 4.78 is 14.7. The second kappa shape index (κ2) is 5.32. The van der Waals surface area contributed by atoms with E-state index in [-0.39, 0.29) is 18.2 Å². The molecule has 3 aliphatic rings. The molecule has 3 nitrogen and oxygen atoms in total. The third-order valence-electron chi connectivity index (χ3n) is 6.40. The topological polar surface area (TPSA) is 23.4 Å². The highest BCUT2D eigenvalue weighted by Crippen LogP contribution is 2.55. The predicted molar refractivity (Wildman–Crippen MR) is 102 cm³/mol. The van der Waals surface area contributed by atoms with E-state index >= 15 is 0 Å². The van der Waals surface area contributed by atoms with Crippen LogP contribution in [-0.2, 0) is 9.47 Å². The molecule has 3 heterocycles. The van der Waals surface area contributed by atoms with Gasteiger partial charge in [-0.2, -0.15) is 0 Å². The van der Waals surface area contributed by atoms with Crippen LogP contribution in [0.3, 0.4) is 0 Å². The number of ether oxygens (including phenoxy) is 2. The number of hydrogen-bond acceptors (Lipinski definition) is 2. The zero-order chi connectivity index (χ0) is 17.3. The first-order chi connectivity index (χ1) is 12.9. The molecule has 130 valence electrons. The van der Waals surface area contributed by atoms with Gasteiger partial charge in [0.05, 0.1) is 17.7 Å². The fourth-order valence-electron chi connectivity index (χ4n) is 5.36. The van der Waals surface area contributed by atoms with Gasteiger partial charge in [-0.15, -0.1) is 0 Å². The molecule has 0 amide bonds. The van der Waals surface area contributed by atoms with Crippen LogP contribution in [0, 0.1) is 5.92 Å². The molecule has 0 saturated carbocycles. The van der Waals surface area contributed by atoms with Gasteiger partial charge in [0.15, 0.2) is 0 Å². The molecule has 1 fully saturated rings. The minimum Gasteiger partial charge on any atom is -0.374 e. The number of fused-ring (bicyclic) bond motifs is 4. The van der Waals surface area contributed by atoms with Gasteiger partial charge in [-0.05, 0) is 29.2 Å². The summed E-state index contributed by atoms with van der Waals surface area (Å²) in [7, 11) is 1.84. The predicted octanol–water partition coefficient (Wildman–Crippen LogP) is 4.43. The van der Waals surface area contributed by atoms with Crippen molar-refractivity contribution in [3.05, 3.63) is 77.5 Å². The zero-order valence-corrected chi connectivity index (χ0v) is 14.8. The summed E-state index contributed by atoms with van der Waals surface area (Å²) in [6, 6.07) is 19.8. The molecule has 3 aromatic rings. The minimum atomic E-state index is -0.00486. The van der Waals surface area contributed by atoms with Gasteiger partial charge in [0.2, 0.25) is 0 Å². The SMILES string of the molecule is CO[C@@H]1C2=C(c3cccc4ccn(c34)[C@H]1c1ccccc1)[C@H]1CCO[C@@H]21. The van der Waals surface area contributed by atoms with Crippen LogP contribution in [0.15, 0.2) is 66.4 Å². The van der Waals surface area contributed by atoms with Crippen LogP contribution in [0.1, 0.15) is 23.6 Å². The van der Waals surface area contributed by atoms with Gasteiger partial charge >= 0.3 is 0 Å². The lowest BCUT2D eigenvalue weighted by atomic mass is 9.68. The summed E-state index contributed by atoms with van der Waals surface area (Å²) in [5.74, 6) is 0.520. The van der Waals surface area contributed by atoms with Crippen LogP contribution in [-0.4, -0.2) is 30.5 Å². The average molecular weight is 343 g/mol. The van der Waals surface area contributed by atoms with Crippen LogP contribution in [0.5, 0.6) is 0 Å². The summed E-state index contributed by atoms with van der Waals surface area (Å²) in [6.45, 7) is 0.853. The summed E-state index contributed by atoms with van der Waals surface area (Å²) in [5, 5.41) is 1.30. The Labute approximate surface area is 152 Å². The number of para-hydroxylation sites is 1. The van der Waals surface area contributed by atoms with Crippen molar-refractivity contribution in [3.63, 3.8) is 0 Å². The molecule has 6 rings (SSSR count). The molecule has 2 aromatic carbocycles.